The summed E-state index contributed by atoms with van der Waals surface area (Å²) in [4.78, 5) is 2.43. The lowest BCUT2D eigenvalue weighted by Crippen LogP contribution is -2.10. The highest BCUT2D eigenvalue weighted by Gasteiger charge is 2.20. The smallest absolute Gasteiger partial charge is 0.0554 e. The lowest BCUT2D eigenvalue weighted by Gasteiger charge is -2.27. The van der Waals surface area contributed by atoms with Crippen LogP contribution >= 0.6 is 11.3 Å². The third-order valence-corrected chi connectivity index (χ3v) is 11.0. The molecule has 230 valence electrons. The second-order valence-corrected chi connectivity index (χ2v) is 13.6. The number of rotatable bonds is 5. The number of para-hydroxylation sites is 2. The van der Waals surface area contributed by atoms with Crippen LogP contribution < -0.4 is 4.90 Å². The standard InChI is InChI=1S/C46H30N2S/c1-2-11-31(12-3-1)32-21-24-34(25-22-32)47(43-19-10-13-33-23-30-40-39-16-6-9-20-44(39)49-46(40)45(33)43)35-26-28-36(29-27-35)48-41-17-7-4-14-37(41)38-15-5-8-18-42(38)48/h1-30H. The van der Waals surface area contributed by atoms with Gasteiger partial charge in [0.2, 0.25) is 0 Å². The Labute approximate surface area is 288 Å². The van der Waals surface area contributed by atoms with Crippen LogP contribution in [0.5, 0.6) is 0 Å². The molecule has 0 aliphatic carbocycles. The van der Waals surface area contributed by atoms with E-state index in [1.165, 1.54) is 69.6 Å². The topological polar surface area (TPSA) is 8.17 Å². The average molecular weight is 643 g/mol. The summed E-state index contributed by atoms with van der Waals surface area (Å²) in [5.74, 6) is 0. The van der Waals surface area contributed by atoms with E-state index in [0.717, 1.165) is 17.1 Å². The lowest BCUT2D eigenvalue weighted by atomic mass is 10.0. The van der Waals surface area contributed by atoms with E-state index in [0.29, 0.717) is 0 Å². The van der Waals surface area contributed by atoms with Gasteiger partial charge in [0.25, 0.3) is 0 Å². The molecule has 0 unspecified atom stereocenters. The van der Waals surface area contributed by atoms with Crippen LogP contribution in [0.25, 0.3) is 69.6 Å². The highest BCUT2D eigenvalue weighted by Crippen LogP contribution is 2.46. The van der Waals surface area contributed by atoms with Crippen LogP contribution in [0.1, 0.15) is 0 Å². The Bertz CT molecular complexity index is 2750. The van der Waals surface area contributed by atoms with Gasteiger partial charge in [-0.1, -0.05) is 121 Å². The van der Waals surface area contributed by atoms with Crippen LogP contribution in [0.4, 0.5) is 17.1 Å². The Morgan fingerprint density at radius 2 is 1.00 bits per heavy atom. The molecule has 0 bridgehead atoms. The van der Waals surface area contributed by atoms with Gasteiger partial charge in [-0.3, -0.25) is 0 Å². The fraction of sp³-hybridized carbons (Fsp3) is 0. The van der Waals surface area contributed by atoms with Gasteiger partial charge in [-0.15, -0.1) is 11.3 Å². The first-order valence-electron chi connectivity index (χ1n) is 16.7. The summed E-state index contributed by atoms with van der Waals surface area (Å²) in [5, 5.41) is 7.68. The van der Waals surface area contributed by atoms with Gasteiger partial charge < -0.3 is 9.47 Å². The van der Waals surface area contributed by atoms with Crippen molar-refractivity contribution in [2.45, 2.75) is 0 Å². The van der Waals surface area contributed by atoms with Gasteiger partial charge in [-0.25, -0.2) is 0 Å². The molecule has 49 heavy (non-hydrogen) atoms. The van der Waals surface area contributed by atoms with E-state index >= 15 is 0 Å². The molecule has 0 amide bonds. The largest absolute Gasteiger partial charge is 0.310 e. The lowest BCUT2D eigenvalue weighted by molar-refractivity contribution is 1.17. The van der Waals surface area contributed by atoms with Crippen molar-refractivity contribution in [2.24, 2.45) is 0 Å². The number of thiophene rings is 1. The van der Waals surface area contributed by atoms with Gasteiger partial charge in [-0.05, 0) is 77.2 Å². The predicted octanol–water partition coefficient (Wildman–Crippen LogP) is 13.4. The maximum Gasteiger partial charge on any atom is 0.0554 e. The molecule has 0 fully saturated rings. The summed E-state index contributed by atoms with van der Waals surface area (Å²) < 4.78 is 5.02. The van der Waals surface area contributed by atoms with E-state index in [4.69, 9.17) is 0 Å². The zero-order valence-electron chi connectivity index (χ0n) is 26.6. The van der Waals surface area contributed by atoms with Crippen LogP contribution in [0.15, 0.2) is 182 Å². The Hall–Kier alpha value is -6.16. The van der Waals surface area contributed by atoms with Crippen molar-refractivity contribution in [3.05, 3.63) is 182 Å². The van der Waals surface area contributed by atoms with Crippen molar-refractivity contribution >= 4 is 81.1 Å². The quantitative estimate of drug-likeness (QED) is 0.181. The van der Waals surface area contributed by atoms with E-state index in [1.807, 2.05) is 11.3 Å². The van der Waals surface area contributed by atoms with Crippen LogP contribution in [-0.4, -0.2) is 4.57 Å². The summed E-state index contributed by atoms with van der Waals surface area (Å²) >= 11 is 1.89. The van der Waals surface area contributed by atoms with Gasteiger partial charge >= 0.3 is 0 Å². The maximum absolute atomic E-state index is 2.43. The van der Waals surface area contributed by atoms with E-state index in [2.05, 4.69) is 191 Å². The molecule has 0 radical (unpaired) electrons. The number of aromatic nitrogens is 1. The van der Waals surface area contributed by atoms with Crippen molar-refractivity contribution in [3.8, 4) is 16.8 Å². The maximum atomic E-state index is 2.43. The molecule has 8 aromatic carbocycles. The molecule has 0 saturated carbocycles. The Balaban J connectivity index is 1.19. The number of anilines is 3. The highest BCUT2D eigenvalue weighted by atomic mass is 32.1. The second kappa shape index (κ2) is 11.2. The molecule has 2 aromatic heterocycles. The fourth-order valence-electron chi connectivity index (χ4n) is 7.53. The zero-order valence-corrected chi connectivity index (χ0v) is 27.4. The van der Waals surface area contributed by atoms with E-state index in [1.54, 1.807) is 0 Å². The van der Waals surface area contributed by atoms with Crippen molar-refractivity contribution in [1.82, 2.24) is 4.57 Å². The Morgan fingerprint density at radius 1 is 0.408 bits per heavy atom. The normalized spacial score (nSPS) is 11.7. The fourth-order valence-corrected chi connectivity index (χ4v) is 8.80. The number of fused-ring (bicyclic) bond motifs is 8. The number of hydrogen-bond donors (Lipinski definition) is 0. The first-order chi connectivity index (χ1) is 24.3. The van der Waals surface area contributed by atoms with Crippen LogP contribution in [0, 0.1) is 0 Å². The first kappa shape index (κ1) is 27.9. The van der Waals surface area contributed by atoms with Crippen LogP contribution in [0.2, 0.25) is 0 Å². The molecule has 0 atom stereocenters. The molecule has 0 aliphatic heterocycles. The van der Waals surface area contributed by atoms with Gasteiger partial charge in [0.1, 0.15) is 0 Å². The summed E-state index contributed by atoms with van der Waals surface area (Å²) in [6.07, 6.45) is 0. The minimum Gasteiger partial charge on any atom is -0.310 e. The number of hydrogen-bond acceptors (Lipinski definition) is 2. The van der Waals surface area contributed by atoms with E-state index in [-0.39, 0.29) is 0 Å². The number of benzene rings is 8. The molecular formula is C46H30N2S. The summed E-state index contributed by atoms with van der Waals surface area (Å²) in [7, 11) is 0. The van der Waals surface area contributed by atoms with Crippen LogP contribution in [-0.2, 0) is 0 Å². The van der Waals surface area contributed by atoms with Crippen LogP contribution in [0.3, 0.4) is 0 Å². The second-order valence-electron chi connectivity index (χ2n) is 12.6. The van der Waals surface area contributed by atoms with Crippen molar-refractivity contribution in [2.75, 3.05) is 4.90 Å². The van der Waals surface area contributed by atoms with Gasteiger partial charge in [-0.2, -0.15) is 0 Å². The van der Waals surface area contributed by atoms with Gasteiger partial charge in [0.05, 0.1) is 16.7 Å². The molecule has 3 heteroatoms. The van der Waals surface area contributed by atoms with Gasteiger partial charge in [0.15, 0.2) is 0 Å². The SMILES string of the molecule is c1ccc(-c2ccc(N(c3ccc(-n4c5ccccc5c5ccccc54)cc3)c3cccc4ccc5c6ccccc6sc5c34)cc2)cc1. The van der Waals surface area contributed by atoms with Crippen molar-refractivity contribution in [1.29, 1.82) is 0 Å². The predicted molar refractivity (Wildman–Crippen MR) is 211 cm³/mol. The summed E-state index contributed by atoms with van der Waals surface area (Å²) in [5.41, 5.74) is 9.40. The van der Waals surface area contributed by atoms with Crippen molar-refractivity contribution in [3.63, 3.8) is 0 Å². The summed E-state index contributed by atoms with van der Waals surface area (Å²) in [6, 6.07) is 66.1. The molecule has 0 saturated heterocycles. The minimum atomic E-state index is 1.11. The van der Waals surface area contributed by atoms with E-state index < -0.39 is 0 Å². The highest BCUT2D eigenvalue weighted by molar-refractivity contribution is 7.26. The minimum absolute atomic E-state index is 1.11. The van der Waals surface area contributed by atoms with Gasteiger partial charge in [0, 0.05) is 53.4 Å². The molecule has 2 heterocycles. The Morgan fingerprint density at radius 3 is 1.71 bits per heavy atom. The molecule has 0 N–H and O–H groups in total. The Kier molecular flexibility index (Phi) is 6.39. The van der Waals surface area contributed by atoms with E-state index in [9.17, 15) is 0 Å². The van der Waals surface area contributed by atoms with Crippen molar-refractivity contribution < 1.29 is 0 Å². The monoisotopic (exact) mass is 642 g/mol. The molecular weight excluding hydrogens is 613 g/mol. The summed E-state index contributed by atoms with van der Waals surface area (Å²) in [6.45, 7) is 0. The third kappa shape index (κ3) is 4.47. The zero-order chi connectivity index (χ0) is 32.3. The molecule has 10 aromatic rings. The molecule has 10 rings (SSSR count). The first-order valence-corrected chi connectivity index (χ1v) is 17.5. The third-order valence-electron chi connectivity index (χ3n) is 9.78. The number of nitrogens with zero attached hydrogens (tertiary/aromatic N) is 2. The molecule has 2 nitrogen and oxygen atoms in total. The molecule has 0 aliphatic rings. The molecule has 0 spiro atoms. The average Bonchev–Trinajstić information content (AvgIpc) is 3.72.